The number of amides is 1. The van der Waals surface area contributed by atoms with E-state index < -0.39 is 12.0 Å². The molecule has 0 aliphatic rings. The van der Waals surface area contributed by atoms with Crippen molar-refractivity contribution in [3.63, 3.8) is 0 Å². The molecular formula is C10H16N4O3. The average molecular weight is 240 g/mol. The molecule has 0 spiro atoms. The van der Waals surface area contributed by atoms with Crippen LogP contribution in [-0.2, 0) is 16.0 Å². The van der Waals surface area contributed by atoms with E-state index in [-0.39, 0.29) is 18.4 Å². The van der Waals surface area contributed by atoms with Gasteiger partial charge in [0, 0.05) is 12.2 Å². The van der Waals surface area contributed by atoms with Crippen molar-refractivity contribution >= 4 is 11.9 Å². The van der Waals surface area contributed by atoms with Gasteiger partial charge in [0.25, 0.3) is 0 Å². The van der Waals surface area contributed by atoms with Crippen molar-refractivity contribution in [2.45, 2.75) is 39.3 Å². The van der Waals surface area contributed by atoms with Crippen LogP contribution in [-0.4, -0.2) is 38.0 Å². The van der Waals surface area contributed by atoms with Gasteiger partial charge in [-0.05, 0) is 20.8 Å². The third kappa shape index (κ3) is 3.86. The third-order valence-corrected chi connectivity index (χ3v) is 2.10. The molecule has 7 heteroatoms. The Morgan fingerprint density at radius 3 is 2.65 bits per heavy atom. The number of carbonyl (C=O) groups excluding carboxylic acids is 1. The fraction of sp³-hybridized carbons (Fsp3) is 0.600. The number of carboxylic acid groups (broad SMARTS) is 1. The second-order valence-electron chi connectivity index (χ2n) is 4.10. The maximum Gasteiger partial charge on any atom is 0.309 e. The van der Waals surface area contributed by atoms with Crippen molar-refractivity contribution in [3.8, 4) is 0 Å². The zero-order chi connectivity index (χ0) is 13.0. The van der Waals surface area contributed by atoms with E-state index in [0.717, 1.165) is 0 Å². The fourth-order valence-corrected chi connectivity index (χ4v) is 1.26. The normalized spacial score (nSPS) is 12.5. The van der Waals surface area contributed by atoms with Gasteiger partial charge in [-0.1, -0.05) is 5.21 Å². The summed E-state index contributed by atoms with van der Waals surface area (Å²) in [6.45, 7) is 5.40. The highest BCUT2D eigenvalue weighted by Gasteiger charge is 2.17. The number of hydrogen-bond acceptors (Lipinski definition) is 4. The second-order valence-corrected chi connectivity index (χ2v) is 4.10. The molecule has 0 aliphatic carbocycles. The average Bonchev–Trinajstić information content (AvgIpc) is 2.62. The Labute approximate surface area is 98.8 Å². The molecule has 0 saturated carbocycles. The first-order valence-electron chi connectivity index (χ1n) is 5.33. The quantitative estimate of drug-likeness (QED) is 0.754. The van der Waals surface area contributed by atoms with E-state index in [2.05, 4.69) is 15.6 Å². The SMILES string of the molecule is CC(C)NC(=O)C(C)n1cc(CC(=O)O)nn1. The topological polar surface area (TPSA) is 97.1 Å². The number of carbonyl (C=O) groups is 2. The van der Waals surface area contributed by atoms with E-state index in [1.54, 1.807) is 6.92 Å². The van der Waals surface area contributed by atoms with Gasteiger partial charge in [0.15, 0.2) is 0 Å². The first kappa shape index (κ1) is 13.1. The number of hydrogen-bond donors (Lipinski definition) is 2. The lowest BCUT2D eigenvalue weighted by Crippen LogP contribution is -2.35. The van der Waals surface area contributed by atoms with Crippen molar-refractivity contribution in [3.05, 3.63) is 11.9 Å². The molecule has 1 rings (SSSR count). The molecule has 1 amide bonds. The van der Waals surface area contributed by atoms with Gasteiger partial charge < -0.3 is 10.4 Å². The van der Waals surface area contributed by atoms with Gasteiger partial charge in [-0.3, -0.25) is 9.59 Å². The molecule has 0 radical (unpaired) electrons. The number of aliphatic carboxylic acids is 1. The van der Waals surface area contributed by atoms with E-state index in [1.807, 2.05) is 13.8 Å². The molecule has 94 valence electrons. The number of aromatic nitrogens is 3. The molecule has 1 atom stereocenters. The van der Waals surface area contributed by atoms with Crippen LogP contribution in [0.4, 0.5) is 0 Å². The largest absolute Gasteiger partial charge is 0.481 e. The van der Waals surface area contributed by atoms with Crippen molar-refractivity contribution in [2.75, 3.05) is 0 Å². The van der Waals surface area contributed by atoms with Gasteiger partial charge in [-0.25, -0.2) is 4.68 Å². The van der Waals surface area contributed by atoms with Gasteiger partial charge in [-0.15, -0.1) is 5.10 Å². The summed E-state index contributed by atoms with van der Waals surface area (Å²) < 4.78 is 1.36. The standard InChI is InChI=1S/C10H16N4O3/c1-6(2)11-10(17)7(3)14-5-8(12-13-14)4-9(15)16/h5-7H,4H2,1-3H3,(H,11,17)(H,15,16). The zero-order valence-electron chi connectivity index (χ0n) is 10.0. The smallest absolute Gasteiger partial charge is 0.309 e. The van der Waals surface area contributed by atoms with Crippen LogP contribution in [0.1, 0.15) is 32.5 Å². The molecule has 17 heavy (non-hydrogen) atoms. The molecule has 0 fully saturated rings. The summed E-state index contributed by atoms with van der Waals surface area (Å²) in [6.07, 6.45) is 1.28. The van der Waals surface area contributed by atoms with Crippen LogP contribution in [0, 0.1) is 0 Å². The molecule has 0 aliphatic heterocycles. The summed E-state index contributed by atoms with van der Waals surface area (Å²) in [6, 6.07) is -0.459. The van der Waals surface area contributed by atoms with Crippen LogP contribution in [0.3, 0.4) is 0 Å². The summed E-state index contributed by atoms with van der Waals surface area (Å²) >= 11 is 0. The molecule has 1 aromatic rings. The minimum Gasteiger partial charge on any atom is -0.481 e. The molecule has 1 unspecified atom stereocenters. The van der Waals surface area contributed by atoms with Crippen molar-refractivity contribution < 1.29 is 14.7 Å². The fourth-order valence-electron chi connectivity index (χ4n) is 1.26. The van der Waals surface area contributed by atoms with Gasteiger partial charge in [0.2, 0.25) is 5.91 Å². The summed E-state index contributed by atoms with van der Waals surface area (Å²) in [4.78, 5) is 22.1. The van der Waals surface area contributed by atoms with Crippen LogP contribution in [0.2, 0.25) is 0 Å². The maximum atomic E-state index is 11.7. The molecule has 0 bridgehead atoms. The Bertz CT molecular complexity index is 413. The number of nitrogens with zero attached hydrogens (tertiary/aromatic N) is 3. The number of carboxylic acids is 1. The minimum atomic E-state index is -0.976. The lowest BCUT2D eigenvalue weighted by Gasteiger charge is -2.13. The predicted molar refractivity (Wildman–Crippen MR) is 59.4 cm³/mol. The summed E-state index contributed by atoms with van der Waals surface area (Å²) in [5.74, 6) is -1.15. The van der Waals surface area contributed by atoms with Crippen molar-refractivity contribution in [1.29, 1.82) is 0 Å². The Morgan fingerprint density at radius 2 is 2.12 bits per heavy atom. The lowest BCUT2D eigenvalue weighted by molar-refractivity contribution is -0.136. The molecule has 0 saturated heterocycles. The minimum absolute atomic E-state index is 0.0481. The molecule has 0 aromatic carbocycles. The highest BCUT2D eigenvalue weighted by molar-refractivity contribution is 5.80. The second kappa shape index (κ2) is 5.42. The first-order valence-corrected chi connectivity index (χ1v) is 5.33. The zero-order valence-corrected chi connectivity index (χ0v) is 10.0. The van der Waals surface area contributed by atoms with E-state index in [1.165, 1.54) is 10.9 Å². The molecular weight excluding hydrogens is 224 g/mol. The van der Waals surface area contributed by atoms with Crippen LogP contribution in [0.15, 0.2) is 6.20 Å². The third-order valence-electron chi connectivity index (χ3n) is 2.10. The Balaban J connectivity index is 2.69. The van der Waals surface area contributed by atoms with Crippen molar-refractivity contribution in [2.24, 2.45) is 0 Å². The maximum absolute atomic E-state index is 11.7. The lowest BCUT2D eigenvalue weighted by atomic mass is 10.3. The summed E-state index contributed by atoms with van der Waals surface area (Å²) in [5.41, 5.74) is 0.335. The van der Waals surface area contributed by atoms with Gasteiger partial charge in [0.05, 0.1) is 12.1 Å². The predicted octanol–water partition coefficient (Wildman–Crippen LogP) is -0.00920. The molecule has 1 heterocycles. The summed E-state index contributed by atoms with van der Waals surface area (Å²) in [5, 5.41) is 18.8. The Hall–Kier alpha value is -1.92. The molecule has 1 aromatic heterocycles. The first-order chi connectivity index (χ1) is 7.90. The number of nitrogens with one attached hydrogen (secondary N) is 1. The Morgan fingerprint density at radius 1 is 1.47 bits per heavy atom. The molecule has 2 N–H and O–H groups in total. The van der Waals surface area contributed by atoms with Gasteiger partial charge in [0.1, 0.15) is 6.04 Å². The Kier molecular flexibility index (Phi) is 4.19. The van der Waals surface area contributed by atoms with Crippen LogP contribution >= 0.6 is 0 Å². The van der Waals surface area contributed by atoms with Crippen LogP contribution in [0.25, 0.3) is 0 Å². The van der Waals surface area contributed by atoms with Crippen LogP contribution in [0.5, 0.6) is 0 Å². The number of rotatable bonds is 5. The van der Waals surface area contributed by atoms with Gasteiger partial charge in [-0.2, -0.15) is 0 Å². The van der Waals surface area contributed by atoms with Crippen molar-refractivity contribution in [1.82, 2.24) is 20.3 Å². The van der Waals surface area contributed by atoms with E-state index in [9.17, 15) is 9.59 Å². The van der Waals surface area contributed by atoms with Crippen LogP contribution < -0.4 is 5.32 Å². The van der Waals surface area contributed by atoms with E-state index in [0.29, 0.717) is 5.69 Å². The highest BCUT2D eigenvalue weighted by Crippen LogP contribution is 2.05. The highest BCUT2D eigenvalue weighted by atomic mass is 16.4. The monoisotopic (exact) mass is 240 g/mol. The van der Waals surface area contributed by atoms with E-state index in [4.69, 9.17) is 5.11 Å². The van der Waals surface area contributed by atoms with Gasteiger partial charge >= 0.3 is 5.97 Å². The molecule has 7 nitrogen and oxygen atoms in total. The summed E-state index contributed by atoms with van der Waals surface area (Å²) in [7, 11) is 0. The van der Waals surface area contributed by atoms with E-state index >= 15 is 0 Å².